The molecule has 0 aliphatic rings. The fourth-order valence-corrected chi connectivity index (χ4v) is 2.74. The standard InChI is InChI=1S/C20H19N3O5/c1-3-27-12-9-10-16(28-4-2)15(11-12)21-20(26)23-22-17-18(24)13-7-5-6-8-14(13)19(17)25/h5-11H,3-4H2,1-2H3,(H2,21,23,26). The molecular formula is C20H19N3O5. The molecule has 0 saturated heterocycles. The molecule has 0 unspecified atom stereocenters. The monoisotopic (exact) mass is 381 g/mol. The van der Waals surface area contributed by atoms with Crippen molar-refractivity contribution in [2.75, 3.05) is 18.5 Å². The number of ether oxygens (including phenoxy) is 2. The molecule has 0 saturated carbocycles. The third-order valence-electron chi connectivity index (χ3n) is 3.93. The molecule has 144 valence electrons. The van der Waals surface area contributed by atoms with Crippen molar-refractivity contribution in [3.05, 3.63) is 68.3 Å². The van der Waals surface area contributed by atoms with E-state index >= 15 is 0 Å². The molecule has 0 bridgehead atoms. The van der Waals surface area contributed by atoms with E-state index in [2.05, 4.69) is 15.8 Å². The zero-order valence-electron chi connectivity index (χ0n) is 15.4. The molecule has 0 radical (unpaired) electrons. The Morgan fingerprint density at radius 3 is 2.21 bits per heavy atom. The first-order valence-electron chi connectivity index (χ1n) is 8.77. The van der Waals surface area contributed by atoms with Gasteiger partial charge in [0.25, 0.3) is 0 Å². The molecular weight excluding hydrogens is 362 g/mol. The summed E-state index contributed by atoms with van der Waals surface area (Å²) in [6, 6.07) is 10.7. The third-order valence-corrected chi connectivity index (χ3v) is 3.93. The molecule has 0 atom stereocenters. The molecule has 2 N–H and O–H groups in total. The number of hydrogen-bond donors (Lipinski definition) is 2. The first-order chi connectivity index (χ1) is 13.5. The zero-order valence-corrected chi connectivity index (χ0v) is 15.4. The van der Waals surface area contributed by atoms with Gasteiger partial charge in [-0.25, -0.2) is 10.2 Å². The molecule has 3 aromatic rings. The van der Waals surface area contributed by atoms with Crippen LogP contribution in [0.1, 0.15) is 13.8 Å². The van der Waals surface area contributed by atoms with E-state index in [1.165, 1.54) is 0 Å². The van der Waals surface area contributed by atoms with Crippen molar-refractivity contribution in [1.29, 1.82) is 0 Å². The van der Waals surface area contributed by atoms with Crippen molar-refractivity contribution >= 4 is 22.5 Å². The highest BCUT2D eigenvalue weighted by Gasteiger charge is 2.12. The van der Waals surface area contributed by atoms with Gasteiger partial charge in [-0.1, -0.05) is 24.3 Å². The molecule has 8 heteroatoms. The van der Waals surface area contributed by atoms with Crippen molar-refractivity contribution in [3.63, 3.8) is 0 Å². The van der Waals surface area contributed by atoms with Crippen LogP contribution >= 0.6 is 0 Å². The largest absolute Gasteiger partial charge is 0.494 e. The summed E-state index contributed by atoms with van der Waals surface area (Å²) < 4.78 is 10.9. The maximum absolute atomic E-state index is 12.3. The Morgan fingerprint density at radius 2 is 1.61 bits per heavy atom. The normalized spacial score (nSPS) is 10.5. The van der Waals surface area contributed by atoms with Gasteiger partial charge in [-0.15, -0.1) is 0 Å². The van der Waals surface area contributed by atoms with Crippen LogP contribution in [-0.2, 0) is 0 Å². The number of rotatable bonds is 6. The number of fused-ring (bicyclic) bond motifs is 1. The lowest BCUT2D eigenvalue weighted by atomic mass is 10.2. The minimum absolute atomic E-state index is 0.275. The zero-order chi connectivity index (χ0) is 20.1. The number of urea groups is 1. The number of benzene rings is 2. The fraction of sp³-hybridized carbons (Fsp3) is 0.200. The Labute approximate surface area is 160 Å². The summed E-state index contributed by atoms with van der Waals surface area (Å²) in [6.07, 6.45) is 0. The molecule has 0 aliphatic heterocycles. The second-order valence-corrected chi connectivity index (χ2v) is 5.75. The lowest BCUT2D eigenvalue weighted by molar-refractivity contribution is 0.252. The molecule has 3 aromatic carbocycles. The van der Waals surface area contributed by atoms with E-state index in [0.29, 0.717) is 30.4 Å². The Kier molecular flexibility index (Phi) is 5.69. The molecule has 0 aromatic heterocycles. The van der Waals surface area contributed by atoms with Gasteiger partial charge in [0.1, 0.15) is 11.5 Å². The SMILES string of the molecule is CCOc1ccc(OCC)c(NC(=O)NN=c2c(=O)c3ccccc3c2=O)c1. The number of anilines is 1. The van der Waals surface area contributed by atoms with Gasteiger partial charge in [0.15, 0.2) is 5.36 Å². The minimum atomic E-state index is -0.723. The maximum atomic E-state index is 12.3. The summed E-state index contributed by atoms with van der Waals surface area (Å²) >= 11 is 0. The van der Waals surface area contributed by atoms with E-state index in [1.807, 2.05) is 13.8 Å². The van der Waals surface area contributed by atoms with Gasteiger partial charge in [0.2, 0.25) is 10.9 Å². The number of carbonyl (C=O) groups excluding carboxylic acids is 1. The second kappa shape index (κ2) is 8.34. The van der Waals surface area contributed by atoms with Crippen molar-refractivity contribution in [2.24, 2.45) is 5.10 Å². The highest BCUT2D eigenvalue weighted by Crippen LogP contribution is 2.29. The first-order valence-corrected chi connectivity index (χ1v) is 8.77. The van der Waals surface area contributed by atoms with Crippen molar-refractivity contribution < 1.29 is 14.3 Å². The molecule has 2 amide bonds. The van der Waals surface area contributed by atoms with Gasteiger partial charge in [0.05, 0.1) is 18.9 Å². The predicted octanol–water partition coefficient (Wildman–Crippen LogP) is 1.87. The van der Waals surface area contributed by atoms with Crippen LogP contribution in [0, 0.1) is 0 Å². The van der Waals surface area contributed by atoms with Gasteiger partial charge in [-0.2, -0.15) is 5.10 Å². The number of nitrogens with one attached hydrogen (secondary N) is 2. The van der Waals surface area contributed by atoms with Gasteiger partial charge < -0.3 is 14.8 Å². The molecule has 3 rings (SSSR count). The highest BCUT2D eigenvalue weighted by molar-refractivity contribution is 5.91. The molecule has 0 aliphatic carbocycles. The smallest absolute Gasteiger partial charge is 0.339 e. The fourth-order valence-electron chi connectivity index (χ4n) is 2.74. The Morgan fingerprint density at radius 1 is 0.964 bits per heavy atom. The molecule has 0 heterocycles. The topological polar surface area (TPSA) is 106 Å². The van der Waals surface area contributed by atoms with Crippen molar-refractivity contribution in [1.82, 2.24) is 5.43 Å². The summed E-state index contributed by atoms with van der Waals surface area (Å²) in [4.78, 5) is 36.8. The lowest BCUT2D eigenvalue weighted by Gasteiger charge is -2.13. The van der Waals surface area contributed by atoms with Crippen LogP contribution in [0.4, 0.5) is 10.5 Å². The van der Waals surface area contributed by atoms with E-state index < -0.39 is 16.9 Å². The average molecular weight is 381 g/mol. The second-order valence-electron chi connectivity index (χ2n) is 5.75. The maximum Gasteiger partial charge on any atom is 0.339 e. The van der Waals surface area contributed by atoms with Crippen LogP contribution in [0.3, 0.4) is 0 Å². The minimum Gasteiger partial charge on any atom is -0.494 e. The van der Waals surface area contributed by atoms with Crippen LogP contribution in [-0.4, -0.2) is 19.2 Å². The third kappa shape index (κ3) is 3.85. The van der Waals surface area contributed by atoms with E-state index in [4.69, 9.17) is 9.47 Å². The van der Waals surface area contributed by atoms with Crippen molar-refractivity contribution in [2.45, 2.75) is 13.8 Å². The van der Waals surface area contributed by atoms with Crippen LogP contribution in [0.2, 0.25) is 0 Å². The highest BCUT2D eigenvalue weighted by atomic mass is 16.5. The van der Waals surface area contributed by atoms with Crippen LogP contribution < -0.4 is 36.4 Å². The van der Waals surface area contributed by atoms with Gasteiger partial charge in [-0.3, -0.25) is 9.59 Å². The molecule has 8 nitrogen and oxygen atoms in total. The van der Waals surface area contributed by atoms with E-state index in [1.54, 1.807) is 42.5 Å². The Balaban J connectivity index is 1.85. The van der Waals surface area contributed by atoms with Gasteiger partial charge in [0, 0.05) is 16.8 Å². The lowest BCUT2D eigenvalue weighted by Crippen LogP contribution is -2.36. The Hall–Kier alpha value is -3.68. The van der Waals surface area contributed by atoms with E-state index in [9.17, 15) is 14.4 Å². The quantitative estimate of drug-likeness (QED) is 0.634. The van der Waals surface area contributed by atoms with Gasteiger partial charge in [-0.05, 0) is 26.0 Å². The average Bonchev–Trinajstić information content (AvgIpc) is 2.93. The molecule has 28 heavy (non-hydrogen) atoms. The predicted molar refractivity (Wildman–Crippen MR) is 105 cm³/mol. The van der Waals surface area contributed by atoms with E-state index in [0.717, 1.165) is 0 Å². The summed E-state index contributed by atoms with van der Waals surface area (Å²) in [5.74, 6) is 1.01. The van der Waals surface area contributed by atoms with Crippen LogP contribution in [0.15, 0.2) is 57.2 Å². The van der Waals surface area contributed by atoms with E-state index in [-0.39, 0.29) is 16.1 Å². The van der Waals surface area contributed by atoms with Gasteiger partial charge >= 0.3 is 6.03 Å². The van der Waals surface area contributed by atoms with Crippen molar-refractivity contribution in [3.8, 4) is 11.5 Å². The van der Waals surface area contributed by atoms with Crippen LogP contribution in [0.25, 0.3) is 10.8 Å². The number of amides is 2. The number of hydrogen-bond acceptors (Lipinski definition) is 6. The summed E-state index contributed by atoms with van der Waals surface area (Å²) in [7, 11) is 0. The Bertz CT molecular complexity index is 1110. The van der Waals surface area contributed by atoms with Crippen LogP contribution in [0.5, 0.6) is 11.5 Å². The summed E-state index contributed by atoms with van der Waals surface area (Å²) in [6.45, 7) is 4.55. The summed E-state index contributed by atoms with van der Waals surface area (Å²) in [5, 5.41) is 6.52. The number of carbonyl (C=O) groups is 1. The summed E-state index contributed by atoms with van der Waals surface area (Å²) in [5.41, 5.74) is 1.52. The molecule has 0 spiro atoms. The molecule has 0 fully saturated rings. The first kappa shape index (κ1) is 19.1. The number of nitrogens with zero attached hydrogens (tertiary/aromatic N) is 1.